The van der Waals surface area contributed by atoms with Gasteiger partial charge in [-0.3, -0.25) is 4.79 Å². The van der Waals surface area contributed by atoms with E-state index in [1.807, 2.05) is 32.9 Å². The SMILES string of the molecule is CCNC(=NCc1cccc(OC)c1O)NC1CCCC(C(=O)NC(C)C)C1.I. The molecular weight excluding hydrogens is 483 g/mol. The van der Waals surface area contributed by atoms with Gasteiger partial charge in [-0.1, -0.05) is 18.6 Å². The normalized spacial score (nSPS) is 19.3. The number of guanidine groups is 1. The molecule has 1 aliphatic rings. The maximum absolute atomic E-state index is 12.3. The Kier molecular flexibility index (Phi) is 11.2. The number of nitrogens with zero attached hydrogens (tertiary/aromatic N) is 1. The highest BCUT2D eigenvalue weighted by Crippen LogP contribution is 2.30. The predicted molar refractivity (Wildman–Crippen MR) is 127 cm³/mol. The van der Waals surface area contributed by atoms with E-state index in [1.165, 1.54) is 7.11 Å². The molecule has 1 amide bonds. The average molecular weight is 518 g/mol. The number of hydrogen-bond donors (Lipinski definition) is 4. The third kappa shape index (κ3) is 7.91. The molecule has 29 heavy (non-hydrogen) atoms. The van der Waals surface area contributed by atoms with Crippen molar-refractivity contribution >= 4 is 35.8 Å². The second-order valence-corrected chi connectivity index (χ2v) is 7.53. The van der Waals surface area contributed by atoms with Crippen molar-refractivity contribution < 1.29 is 14.6 Å². The number of phenolic OH excluding ortho intramolecular Hbond substituents is 1. The second kappa shape index (κ2) is 12.8. The molecule has 0 bridgehead atoms. The Morgan fingerprint density at radius 2 is 2.10 bits per heavy atom. The average Bonchev–Trinajstić information content (AvgIpc) is 2.67. The Morgan fingerprint density at radius 3 is 2.76 bits per heavy atom. The summed E-state index contributed by atoms with van der Waals surface area (Å²) in [7, 11) is 1.53. The van der Waals surface area contributed by atoms with Crippen LogP contribution in [0.15, 0.2) is 23.2 Å². The number of aliphatic imine (C=N–C) groups is 1. The molecule has 1 aliphatic carbocycles. The first-order valence-corrected chi connectivity index (χ1v) is 10.1. The van der Waals surface area contributed by atoms with Gasteiger partial charge in [0.05, 0.1) is 13.7 Å². The standard InChI is InChI=1S/C21H34N4O3.HI/c1-5-22-21(23-13-16-9-7-11-18(28-4)19(16)26)25-17-10-6-8-15(12-17)20(27)24-14(2)3;/h7,9,11,14-15,17,26H,5-6,8,10,12-13H2,1-4H3,(H,24,27)(H2,22,23,25);1H. The number of para-hydroxylation sites is 1. The molecule has 1 saturated carbocycles. The lowest BCUT2D eigenvalue weighted by atomic mass is 9.85. The molecule has 0 radical (unpaired) electrons. The number of benzene rings is 1. The van der Waals surface area contributed by atoms with Gasteiger partial charge in [0.1, 0.15) is 0 Å². The van der Waals surface area contributed by atoms with Gasteiger partial charge in [0, 0.05) is 30.1 Å². The fraction of sp³-hybridized carbons (Fsp3) is 0.619. The lowest BCUT2D eigenvalue weighted by Crippen LogP contribution is -2.47. The van der Waals surface area contributed by atoms with Crippen LogP contribution in [0, 0.1) is 5.92 Å². The maximum Gasteiger partial charge on any atom is 0.223 e. The molecule has 0 heterocycles. The Balaban J connectivity index is 0.00000420. The van der Waals surface area contributed by atoms with Crippen LogP contribution in [0.4, 0.5) is 0 Å². The zero-order valence-electron chi connectivity index (χ0n) is 17.8. The lowest BCUT2D eigenvalue weighted by molar-refractivity contribution is -0.126. The van der Waals surface area contributed by atoms with Crippen LogP contribution >= 0.6 is 24.0 Å². The van der Waals surface area contributed by atoms with Crippen LogP contribution in [0.3, 0.4) is 0 Å². The van der Waals surface area contributed by atoms with Gasteiger partial charge >= 0.3 is 0 Å². The number of nitrogens with one attached hydrogen (secondary N) is 3. The van der Waals surface area contributed by atoms with Crippen molar-refractivity contribution in [3.05, 3.63) is 23.8 Å². The molecule has 2 unspecified atom stereocenters. The molecule has 4 N–H and O–H groups in total. The molecule has 1 aromatic carbocycles. The fourth-order valence-electron chi connectivity index (χ4n) is 3.50. The highest BCUT2D eigenvalue weighted by Gasteiger charge is 2.28. The summed E-state index contributed by atoms with van der Waals surface area (Å²) >= 11 is 0. The molecule has 0 spiro atoms. The van der Waals surface area contributed by atoms with E-state index in [4.69, 9.17) is 4.74 Å². The van der Waals surface area contributed by atoms with E-state index in [0.717, 1.165) is 32.2 Å². The minimum absolute atomic E-state index is 0. The van der Waals surface area contributed by atoms with E-state index in [-0.39, 0.29) is 53.6 Å². The maximum atomic E-state index is 12.3. The van der Waals surface area contributed by atoms with Crippen molar-refractivity contribution in [2.75, 3.05) is 13.7 Å². The van der Waals surface area contributed by atoms with E-state index < -0.39 is 0 Å². The number of carbonyl (C=O) groups is 1. The van der Waals surface area contributed by atoms with Gasteiger partial charge in [-0.05, 0) is 46.1 Å². The number of aromatic hydroxyl groups is 1. The quantitative estimate of drug-likeness (QED) is 0.253. The van der Waals surface area contributed by atoms with Gasteiger partial charge in [-0.15, -0.1) is 24.0 Å². The van der Waals surface area contributed by atoms with E-state index in [0.29, 0.717) is 23.8 Å². The number of amides is 1. The van der Waals surface area contributed by atoms with Gasteiger partial charge < -0.3 is 25.8 Å². The summed E-state index contributed by atoms with van der Waals surface area (Å²) in [6.45, 7) is 7.06. The zero-order valence-corrected chi connectivity index (χ0v) is 20.2. The Hall–Kier alpha value is -1.71. The van der Waals surface area contributed by atoms with Crippen molar-refractivity contribution in [2.45, 2.75) is 65.1 Å². The van der Waals surface area contributed by atoms with Crippen molar-refractivity contribution in [1.82, 2.24) is 16.0 Å². The largest absolute Gasteiger partial charge is 0.504 e. The highest BCUT2D eigenvalue weighted by molar-refractivity contribution is 14.0. The van der Waals surface area contributed by atoms with Crippen molar-refractivity contribution in [3.63, 3.8) is 0 Å². The first kappa shape index (κ1) is 25.3. The smallest absolute Gasteiger partial charge is 0.223 e. The Labute approximate surface area is 191 Å². The van der Waals surface area contributed by atoms with Gasteiger partial charge in [0.2, 0.25) is 5.91 Å². The van der Waals surface area contributed by atoms with Crippen LogP contribution < -0.4 is 20.7 Å². The second-order valence-electron chi connectivity index (χ2n) is 7.53. The highest BCUT2D eigenvalue weighted by atomic mass is 127. The zero-order chi connectivity index (χ0) is 20.5. The minimum Gasteiger partial charge on any atom is -0.504 e. The van der Waals surface area contributed by atoms with E-state index >= 15 is 0 Å². The topological polar surface area (TPSA) is 95.0 Å². The number of halogens is 1. The molecule has 0 saturated heterocycles. The van der Waals surface area contributed by atoms with E-state index in [1.54, 1.807) is 6.07 Å². The molecule has 0 aliphatic heterocycles. The van der Waals surface area contributed by atoms with Crippen LogP contribution in [0.25, 0.3) is 0 Å². The summed E-state index contributed by atoms with van der Waals surface area (Å²) in [6, 6.07) is 5.75. The third-order valence-corrected chi connectivity index (χ3v) is 4.87. The number of rotatable bonds is 7. The van der Waals surface area contributed by atoms with Crippen LogP contribution in [0.1, 0.15) is 52.0 Å². The number of ether oxygens (including phenoxy) is 1. The van der Waals surface area contributed by atoms with Crippen LogP contribution in [0.5, 0.6) is 11.5 Å². The molecule has 8 heteroatoms. The summed E-state index contributed by atoms with van der Waals surface area (Å²) in [5, 5.41) is 20.0. The predicted octanol–water partition coefficient (Wildman–Crippen LogP) is 3.16. The van der Waals surface area contributed by atoms with Gasteiger partial charge in [-0.2, -0.15) is 0 Å². The van der Waals surface area contributed by atoms with E-state index in [9.17, 15) is 9.90 Å². The number of phenols is 1. The van der Waals surface area contributed by atoms with Crippen LogP contribution in [-0.4, -0.2) is 42.7 Å². The van der Waals surface area contributed by atoms with Crippen molar-refractivity contribution in [2.24, 2.45) is 10.9 Å². The molecular formula is C21H35IN4O3. The third-order valence-electron chi connectivity index (χ3n) is 4.87. The molecule has 7 nitrogen and oxygen atoms in total. The Bertz CT molecular complexity index is 682. The van der Waals surface area contributed by atoms with Crippen molar-refractivity contribution in [3.8, 4) is 11.5 Å². The summed E-state index contributed by atoms with van der Waals surface area (Å²) in [4.78, 5) is 17.0. The molecule has 1 aromatic rings. The van der Waals surface area contributed by atoms with Crippen LogP contribution in [-0.2, 0) is 11.3 Å². The van der Waals surface area contributed by atoms with Gasteiger partial charge in [0.15, 0.2) is 17.5 Å². The minimum atomic E-state index is 0. The Morgan fingerprint density at radius 1 is 1.34 bits per heavy atom. The first-order chi connectivity index (χ1) is 13.4. The number of hydrogen-bond acceptors (Lipinski definition) is 4. The summed E-state index contributed by atoms with van der Waals surface area (Å²) in [5.41, 5.74) is 0.703. The monoisotopic (exact) mass is 518 g/mol. The molecule has 1 fully saturated rings. The summed E-state index contributed by atoms with van der Waals surface area (Å²) in [5.74, 6) is 1.44. The number of methoxy groups -OCH3 is 1. The summed E-state index contributed by atoms with van der Waals surface area (Å²) in [6.07, 6.45) is 3.76. The molecule has 2 atom stereocenters. The number of carbonyl (C=O) groups excluding carboxylic acids is 1. The summed E-state index contributed by atoms with van der Waals surface area (Å²) < 4.78 is 5.16. The molecule has 164 valence electrons. The van der Waals surface area contributed by atoms with Crippen molar-refractivity contribution in [1.29, 1.82) is 0 Å². The first-order valence-electron chi connectivity index (χ1n) is 10.1. The van der Waals surface area contributed by atoms with Gasteiger partial charge in [0.25, 0.3) is 0 Å². The lowest BCUT2D eigenvalue weighted by Gasteiger charge is -2.30. The van der Waals surface area contributed by atoms with Gasteiger partial charge in [-0.25, -0.2) is 4.99 Å². The molecule has 2 rings (SSSR count). The van der Waals surface area contributed by atoms with Crippen LogP contribution in [0.2, 0.25) is 0 Å². The fourth-order valence-corrected chi connectivity index (χ4v) is 3.50. The van der Waals surface area contributed by atoms with E-state index in [2.05, 4.69) is 20.9 Å². The molecule has 0 aromatic heterocycles.